The Morgan fingerprint density at radius 2 is 1.81 bits per heavy atom. The molecule has 2 aliphatic heterocycles. The summed E-state index contributed by atoms with van der Waals surface area (Å²) in [6.45, 7) is 4.79. The lowest BCUT2D eigenvalue weighted by Gasteiger charge is -2.28. The fraction of sp³-hybridized carbons (Fsp3) is 0.444. The van der Waals surface area contributed by atoms with Crippen LogP contribution in [0.4, 0.5) is 30.4 Å². The van der Waals surface area contributed by atoms with Gasteiger partial charge in [-0.25, -0.2) is 15.0 Å². The number of aryl methyl sites for hydroxylation is 2. The molecule has 2 aromatic heterocycles. The van der Waals surface area contributed by atoms with Crippen LogP contribution in [-0.2, 0) is 30.1 Å². The van der Waals surface area contributed by atoms with E-state index in [1.54, 1.807) is 31.5 Å². The van der Waals surface area contributed by atoms with Crippen molar-refractivity contribution in [1.29, 1.82) is 5.41 Å². The van der Waals surface area contributed by atoms with E-state index in [0.29, 0.717) is 54.8 Å². The zero-order valence-corrected chi connectivity index (χ0v) is 28.9. The van der Waals surface area contributed by atoms with E-state index in [4.69, 9.17) is 10.1 Å². The minimum absolute atomic E-state index is 0.127. The quantitative estimate of drug-likeness (QED) is 0.262. The van der Waals surface area contributed by atoms with Crippen LogP contribution in [0.3, 0.4) is 0 Å². The maximum absolute atomic E-state index is 14.1. The number of rotatable bonds is 5. The SMILES string of the molecule is CC(=O)C(=N)c1cc(-c2cnc(C)nc2)cc2c1NCC(=O)N1[C@H](C(=O)Nc3nc(C(F)(F)F)ccc3C)C[C@@]3(COCCCCCC(=O)N2)C[C@@H]13. The summed E-state index contributed by atoms with van der Waals surface area (Å²) in [6.07, 6.45) is 1.42. The zero-order valence-electron chi connectivity index (χ0n) is 28.9. The van der Waals surface area contributed by atoms with Crippen LogP contribution in [0.2, 0.25) is 0 Å². The number of nitrogens with zero attached hydrogens (tertiary/aromatic N) is 4. The van der Waals surface area contributed by atoms with E-state index in [2.05, 4.69) is 30.9 Å². The number of hydrogen-bond donors (Lipinski definition) is 4. The number of benzene rings is 1. The molecule has 4 N–H and O–H groups in total. The number of ether oxygens (including phenoxy) is 1. The summed E-state index contributed by atoms with van der Waals surface area (Å²) < 4.78 is 46.4. The first-order chi connectivity index (χ1) is 24.7. The van der Waals surface area contributed by atoms with Crippen molar-refractivity contribution >= 4 is 46.4 Å². The molecule has 3 amide bonds. The molecule has 3 atom stereocenters. The summed E-state index contributed by atoms with van der Waals surface area (Å²) in [4.78, 5) is 67.3. The number of pyridine rings is 1. The Labute approximate surface area is 297 Å². The van der Waals surface area contributed by atoms with E-state index in [0.717, 1.165) is 6.07 Å². The highest BCUT2D eigenvalue weighted by atomic mass is 19.4. The van der Waals surface area contributed by atoms with Gasteiger partial charge in [-0.05, 0) is 68.9 Å². The largest absolute Gasteiger partial charge is 0.433 e. The fourth-order valence-corrected chi connectivity index (χ4v) is 6.87. The van der Waals surface area contributed by atoms with Gasteiger partial charge in [-0.1, -0.05) is 12.5 Å². The van der Waals surface area contributed by atoms with Crippen molar-refractivity contribution in [2.24, 2.45) is 5.41 Å². The average molecular weight is 721 g/mol. The van der Waals surface area contributed by atoms with Gasteiger partial charge in [0.05, 0.1) is 24.5 Å². The van der Waals surface area contributed by atoms with Crippen LogP contribution < -0.4 is 16.0 Å². The van der Waals surface area contributed by atoms with Crippen molar-refractivity contribution in [2.45, 2.75) is 77.6 Å². The van der Waals surface area contributed by atoms with Gasteiger partial charge in [-0.2, -0.15) is 13.2 Å². The van der Waals surface area contributed by atoms with Crippen LogP contribution in [0.5, 0.6) is 0 Å². The first-order valence-electron chi connectivity index (χ1n) is 17.0. The highest BCUT2D eigenvalue weighted by Crippen LogP contribution is 2.60. The maximum Gasteiger partial charge on any atom is 0.433 e. The molecule has 0 radical (unpaired) electrons. The summed E-state index contributed by atoms with van der Waals surface area (Å²) in [5.74, 6) is -1.76. The molecule has 2 bridgehead atoms. The van der Waals surface area contributed by atoms with Gasteiger partial charge < -0.3 is 25.6 Å². The molecule has 0 spiro atoms. The number of hydrogen-bond acceptors (Lipinski definition) is 10. The van der Waals surface area contributed by atoms with E-state index in [9.17, 15) is 32.3 Å². The lowest BCUT2D eigenvalue weighted by molar-refractivity contribution is -0.141. The molecule has 3 aromatic rings. The second-order valence-electron chi connectivity index (χ2n) is 13.6. The molecule has 4 heterocycles. The van der Waals surface area contributed by atoms with Gasteiger partial charge in [0.2, 0.25) is 17.7 Å². The highest BCUT2D eigenvalue weighted by Gasteiger charge is 2.67. The van der Waals surface area contributed by atoms with Crippen molar-refractivity contribution < 1.29 is 37.1 Å². The molecular weight excluding hydrogens is 681 g/mol. The summed E-state index contributed by atoms with van der Waals surface area (Å²) in [7, 11) is 0. The number of amides is 3. The monoisotopic (exact) mass is 720 g/mol. The van der Waals surface area contributed by atoms with Crippen LogP contribution >= 0.6 is 0 Å². The predicted octanol–water partition coefficient (Wildman–Crippen LogP) is 5.07. The number of anilines is 3. The Balaban J connectivity index is 1.35. The van der Waals surface area contributed by atoms with Gasteiger partial charge in [0.25, 0.3) is 0 Å². The number of piperidine rings is 1. The molecule has 1 aromatic carbocycles. The second kappa shape index (κ2) is 14.4. The van der Waals surface area contributed by atoms with Gasteiger partial charge >= 0.3 is 6.18 Å². The normalized spacial score (nSPS) is 22.3. The third-order valence-corrected chi connectivity index (χ3v) is 9.78. The molecule has 6 rings (SSSR count). The molecule has 52 heavy (non-hydrogen) atoms. The fourth-order valence-electron chi connectivity index (χ4n) is 6.87. The first kappa shape index (κ1) is 36.5. The van der Waals surface area contributed by atoms with Crippen LogP contribution in [0.25, 0.3) is 11.1 Å². The number of fused-ring (bicyclic) bond motifs is 1. The number of aromatic nitrogens is 3. The van der Waals surface area contributed by atoms with Crippen LogP contribution in [-0.4, -0.2) is 80.9 Å². The lowest BCUT2D eigenvalue weighted by Crippen LogP contribution is -2.47. The molecule has 0 unspecified atom stereocenters. The summed E-state index contributed by atoms with van der Waals surface area (Å²) in [6, 6.07) is 3.90. The van der Waals surface area contributed by atoms with Crippen molar-refractivity contribution in [3.63, 3.8) is 0 Å². The molecule has 1 aliphatic carbocycles. The van der Waals surface area contributed by atoms with E-state index < -0.39 is 47.5 Å². The Morgan fingerprint density at radius 1 is 1.06 bits per heavy atom. The number of ketones is 1. The van der Waals surface area contributed by atoms with Crippen molar-refractivity contribution in [3.05, 3.63) is 59.3 Å². The zero-order chi connectivity index (χ0) is 37.4. The highest BCUT2D eigenvalue weighted by molar-refractivity contribution is 6.45. The Bertz CT molecular complexity index is 1940. The molecular formula is C36H39F3N8O5. The molecule has 3 aliphatic rings. The van der Waals surface area contributed by atoms with Gasteiger partial charge in [0.15, 0.2) is 5.78 Å². The number of alkyl halides is 3. The van der Waals surface area contributed by atoms with Gasteiger partial charge in [-0.3, -0.25) is 24.6 Å². The minimum atomic E-state index is -4.72. The topological polar surface area (TPSA) is 179 Å². The van der Waals surface area contributed by atoms with Crippen molar-refractivity contribution in [2.75, 3.05) is 35.7 Å². The van der Waals surface area contributed by atoms with E-state index in [-0.39, 0.29) is 59.9 Å². The second-order valence-corrected chi connectivity index (χ2v) is 13.6. The van der Waals surface area contributed by atoms with E-state index in [1.165, 1.54) is 24.8 Å². The van der Waals surface area contributed by atoms with Crippen LogP contribution in [0, 0.1) is 24.7 Å². The van der Waals surface area contributed by atoms with E-state index >= 15 is 0 Å². The number of carbonyl (C=O) groups is 4. The molecule has 16 heteroatoms. The smallest absolute Gasteiger partial charge is 0.381 e. The van der Waals surface area contributed by atoms with Crippen molar-refractivity contribution in [1.82, 2.24) is 19.9 Å². The van der Waals surface area contributed by atoms with Crippen molar-refractivity contribution in [3.8, 4) is 11.1 Å². The van der Waals surface area contributed by atoms with Gasteiger partial charge in [0, 0.05) is 54.9 Å². The van der Waals surface area contributed by atoms with E-state index in [1.807, 2.05) is 0 Å². The minimum Gasteiger partial charge on any atom is -0.381 e. The number of nitrogens with one attached hydrogen (secondary N) is 4. The van der Waals surface area contributed by atoms with Crippen LogP contribution in [0.15, 0.2) is 36.7 Å². The molecule has 274 valence electrons. The maximum atomic E-state index is 14.1. The number of carbonyl (C=O) groups excluding carboxylic acids is 4. The Hall–Kier alpha value is -5.25. The molecule has 1 saturated heterocycles. The first-order valence-corrected chi connectivity index (χ1v) is 17.0. The Kier molecular flexibility index (Phi) is 10.1. The lowest BCUT2D eigenvalue weighted by atomic mass is 9.97. The molecule has 1 saturated carbocycles. The number of Topliss-reactive ketones (excluding diaryl/α,β-unsaturated/α-hetero) is 1. The average Bonchev–Trinajstić information content (AvgIpc) is 3.69. The summed E-state index contributed by atoms with van der Waals surface area (Å²) in [5, 5.41) is 17.1. The summed E-state index contributed by atoms with van der Waals surface area (Å²) in [5.41, 5.74) is -0.105. The molecule has 13 nitrogen and oxygen atoms in total. The Morgan fingerprint density at radius 3 is 2.52 bits per heavy atom. The predicted molar refractivity (Wildman–Crippen MR) is 185 cm³/mol. The van der Waals surface area contributed by atoms with Gasteiger partial charge in [-0.15, -0.1) is 0 Å². The third-order valence-electron chi connectivity index (χ3n) is 9.78. The molecule has 2 fully saturated rings. The standard InChI is InChI=1S/C36H39F3N8O5/c1-19-8-9-27(36(37,38)39)45-33(19)46-34(51)26-13-35-14-28(35)47(26)30(50)17-43-32-24(31(40)20(2)48)11-22(23-15-41-21(3)42-16-23)12-25(32)44-29(49)7-5-4-6-10-52-18-35/h8-9,11-12,15-16,26,28,40,43H,4-7,10,13-14,17-18H2,1-3H3,(H,44,49)(H,45,46,51)/t26-,28+,35-/m0/s1. The van der Waals surface area contributed by atoms with Crippen LogP contribution in [0.1, 0.15) is 68.1 Å². The number of halogens is 3. The third kappa shape index (κ3) is 7.66. The van der Waals surface area contributed by atoms with Gasteiger partial charge in [0.1, 0.15) is 29.1 Å². The summed E-state index contributed by atoms with van der Waals surface area (Å²) >= 11 is 0.